The number of aromatic nitrogens is 2. The molecule has 0 spiro atoms. The predicted octanol–water partition coefficient (Wildman–Crippen LogP) is -4.41. The van der Waals surface area contributed by atoms with Gasteiger partial charge in [-0.2, -0.15) is 25.3 Å². The number of amides is 9. The van der Waals surface area contributed by atoms with E-state index in [0.717, 1.165) is 4.90 Å². The van der Waals surface area contributed by atoms with Crippen molar-refractivity contribution >= 4 is 84.4 Å². The van der Waals surface area contributed by atoms with Gasteiger partial charge >= 0.3 is 5.97 Å². The first kappa shape index (κ1) is 55.7. The van der Waals surface area contributed by atoms with E-state index in [2.05, 4.69) is 72.4 Å². The Morgan fingerprint density at radius 1 is 0.738 bits per heavy atom. The maximum atomic E-state index is 13.7. The number of nitrogens with one attached hydrogen (secondary N) is 8. The minimum Gasteiger partial charge on any atom is -0.480 e. The molecule has 0 saturated carbocycles. The van der Waals surface area contributed by atoms with Crippen LogP contribution in [-0.2, 0) is 54.4 Å². The van der Waals surface area contributed by atoms with Crippen LogP contribution in [0.5, 0.6) is 0 Å². The molecular weight excluding hydrogens is 893 g/mol. The molecule has 1 aliphatic rings. The quantitative estimate of drug-likeness (QED) is 0.0371. The van der Waals surface area contributed by atoms with Crippen LogP contribution in [0.15, 0.2) is 12.5 Å². The van der Waals surface area contributed by atoms with Crippen molar-refractivity contribution in [1.29, 1.82) is 0 Å². The third kappa shape index (κ3) is 18.1. The number of imidazole rings is 1. The molecule has 0 bridgehead atoms. The molecule has 1 aromatic heterocycles. The van der Waals surface area contributed by atoms with Crippen molar-refractivity contribution in [3.05, 3.63) is 18.2 Å². The second-order valence-electron chi connectivity index (χ2n) is 16.5. The number of nitrogens with two attached hydrogens (primary N) is 2. The SMILES string of the molecule is CC(C)C[C@H](NC(=O)[C@H](C)NC(=O)[C@H](CC(C)C)NC(=O)[C@H](CO)NC(=O)[C@@H]1CCCN1C(=O)[C@H](CC(N)=O)NC(=O)[C@@H](N)CS)C(=O)N[C@@H](Cc1cnc[nH]1)C(=O)N[C@@H](CS)C(=O)O. The monoisotopic (exact) mass is 956 g/mol. The highest BCUT2D eigenvalue weighted by Crippen LogP contribution is 2.20. The minimum atomic E-state index is -1.61. The summed E-state index contributed by atoms with van der Waals surface area (Å²) in [4.78, 5) is 138. The highest BCUT2D eigenvalue weighted by molar-refractivity contribution is 7.80. The van der Waals surface area contributed by atoms with E-state index in [9.17, 15) is 58.2 Å². The van der Waals surface area contributed by atoms with E-state index in [0.29, 0.717) is 12.1 Å². The number of H-pyrrole nitrogens is 1. The van der Waals surface area contributed by atoms with Crippen LogP contribution in [0.1, 0.15) is 72.4 Å². The fraction of sp³-hybridized carbons (Fsp3) is 0.667. The molecule has 2 rings (SSSR count). The van der Waals surface area contributed by atoms with E-state index in [1.807, 2.05) is 0 Å². The number of primary amides is 1. The van der Waals surface area contributed by atoms with E-state index in [-0.39, 0.29) is 55.6 Å². The lowest BCUT2D eigenvalue weighted by Crippen LogP contribution is -2.60. The third-order valence-electron chi connectivity index (χ3n) is 10.0. The maximum Gasteiger partial charge on any atom is 0.327 e. The van der Waals surface area contributed by atoms with Gasteiger partial charge in [0.25, 0.3) is 0 Å². The molecule has 0 radical (unpaired) electrons. The Bertz CT molecular complexity index is 1840. The first-order chi connectivity index (χ1) is 30.5. The van der Waals surface area contributed by atoms with Crippen LogP contribution in [-0.4, -0.2) is 163 Å². The van der Waals surface area contributed by atoms with Crippen LogP contribution in [0.3, 0.4) is 0 Å². The highest BCUT2D eigenvalue weighted by Gasteiger charge is 2.40. The molecule has 9 amide bonds. The molecule has 1 saturated heterocycles. The summed E-state index contributed by atoms with van der Waals surface area (Å²) in [5.41, 5.74) is 11.5. The van der Waals surface area contributed by atoms with Crippen LogP contribution >= 0.6 is 25.3 Å². The van der Waals surface area contributed by atoms with Gasteiger partial charge in [0.05, 0.1) is 25.4 Å². The van der Waals surface area contributed by atoms with E-state index in [4.69, 9.17) is 11.5 Å². The second kappa shape index (κ2) is 27.1. The first-order valence-electron chi connectivity index (χ1n) is 21.0. The Hall–Kier alpha value is -5.47. The topological polar surface area (TPSA) is 379 Å². The van der Waals surface area contributed by atoms with Gasteiger partial charge in [0.2, 0.25) is 53.2 Å². The number of hydrogen-bond donors (Lipinski definition) is 14. The molecular formula is C39H64N12O12S2. The van der Waals surface area contributed by atoms with Crippen molar-refractivity contribution in [2.24, 2.45) is 23.3 Å². The van der Waals surface area contributed by atoms with Crippen LogP contribution in [0, 0.1) is 11.8 Å². The Labute approximate surface area is 387 Å². The minimum absolute atomic E-state index is 0.0425. The third-order valence-corrected chi connectivity index (χ3v) is 10.8. The summed E-state index contributed by atoms with van der Waals surface area (Å²) in [6.07, 6.45) is 2.68. The van der Waals surface area contributed by atoms with Gasteiger partial charge in [0.15, 0.2) is 0 Å². The van der Waals surface area contributed by atoms with Crippen molar-refractivity contribution in [3.8, 4) is 0 Å². The smallest absolute Gasteiger partial charge is 0.327 e. The Morgan fingerprint density at radius 2 is 1.26 bits per heavy atom. The van der Waals surface area contributed by atoms with E-state index < -0.39 is 127 Å². The number of nitrogens with zero attached hydrogens (tertiary/aromatic N) is 2. The van der Waals surface area contributed by atoms with Gasteiger partial charge in [-0.15, -0.1) is 0 Å². The number of carbonyl (C=O) groups is 10. The molecule has 14 N–H and O–H groups in total. The lowest BCUT2D eigenvalue weighted by atomic mass is 10.0. The van der Waals surface area contributed by atoms with Crippen molar-refractivity contribution < 1.29 is 58.2 Å². The van der Waals surface area contributed by atoms with Crippen molar-refractivity contribution in [2.75, 3.05) is 24.7 Å². The fourth-order valence-electron chi connectivity index (χ4n) is 6.64. The average molecular weight is 957 g/mol. The van der Waals surface area contributed by atoms with Crippen LogP contribution < -0.4 is 48.7 Å². The lowest BCUT2D eigenvalue weighted by Gasteiger charge is -2.30. The fourth-order valence-corrected chi connectivity index (χ4v) is 7.05. The molecule has 1 aromatic rings. The number of thiol groups is 2. The van der Waals surface area contributed by atoms with E-state index in [1.54, 1.807) is 27.7 Å². The molecule has 0 aliphatic carbocycles. The Kier molecular flexibility index (Phi) is 23.2. The number of hydrogen-bond acceptors (Lipinski definition) is 15. The summed E-state index contributed by atoms with van der Waals surface area (Å²) >= 11 is 7.93. The van der Waals surface area contributed by atoms with Gasteiger partial charge in [-0.3, -0.25) is 43.2 Å². The number of aromatic amines is 1. The normalized spacial score (nSPS) is 17.3. The molecule has 364 valence electrons. The van der Waals surface area contributed by atoms with Crippen LogP contribution in [0.4, 0.5) is 0 Å². The zero-order chi connectivity index (χ0) is 49.1. The molecule has 65 heavy (non-hydrogen) atoms. The summed E-state index contributed by atoms with van der Waals surface area (Å²) in [7, 11) is 0. The standard InChI is InChI=1S/C39H64N12O12S2/c1-18(2)9-23(46-36(59)27(14-52)49-37(60)29-7-6-8-51(29)38(61)26(12-30(41)53)48-32(55)22(40)15-64)33(56)44-20(5)31(54)45-24(10-19(3)4)34(57)47-25(11-21-13-42-17-43-21)35(58)50-28(16-65)39(62)63/h13,17-20,22-29,52,64-65H,6-12,14-16,40H2,1-5H3,(H2,41,53)(H,42,43)(H,44,56)(H,45,54)(H,46,59)(H,47,57)(H,48,55)(H,49,60)(H,50,58)(H,62,63)/t20-,22-,23-,24-,25-,26-,27-,28-,29-/m0/s1. The first-order valence-corrected chi connectivity index (χ1v) is 22.3. The summed E-state index contributed by atoms with van der Waals surface area (Å²) in [6, 6.07) is -11.8. The summed E-state index contributed by atoms with van der Waals surface area (Å²) in [6.45, 7) is 7.56. The molecule has 0 unspecified atom stereocenters. The number of likely N-dealkylation sites (tertiary alicyclic amines) is 1. The van der Waals surface area contributed by atoms with Crippen LogP contribution in [0.25, 0.3) is 0 Å². The number of aliphatic hydroxyl groups excluding tert-OH is 1. The van der Waals surface area contributed by atoms with Gasteiger partial charge in [-0.05, 0) is 44.4 Å². The maximum absolute atomic E-state index is 13.7. The second-order valence-corrected chi connectivity index (χ2v) is 17.2. The number of carboxylic acids is 1. The van der Waals surface area contributed by atoms with Crippen molar-refractivity contribution in [3.63, 3.8) is 0 Å². The zero-order valence-corrected chi connectivity index (χ0v) is 38.8. The summed E-state index contributed by atoms with van der Waals surface area (Å²) in [5.74, 6) is -9.51. The van der Waals surface area contributed by atoms with Gasteiger partial charge in [-0.25, -0.2) is 9.78 Å². The number of carboxylic acid groups (broad SMARTS) is 1. The predicted molar refractivity (Wildman–Crippen MR) is 239 cm³/mol. The molecule has 2 heterocycles. The molecule has 26 heteroatoms. The van der Waals surface area contributed by atoms with Gasteiger partial charge < -0.3 is 68.8 Å². The Morgan fingerprint density at radius 3 is 1.77 bits per heavy atom. The van der Waals surface area contributed by atoms with E-state index in [1.165, 1.54) is 19.4 Å². The van der Waals surface area contributed by atoms with Crippen molar-refractivity contribution in [1.82, 2.24) is 52.1 Å². The largest absolute Gasteiger partial charge is 0.480 e. The number of rotatable bonds is 27. The van der Waals surface area contributed by atoms with E-state index >= 15 is 0 Å². The van der Waals surface area contributed by atoms with Gasteiger partial charge in [-0.1, -0.05) is 27.7 Å². The number of carbonyl (C=O) groups excluding carboxylic acids is 9. The highest BCUT2D eigenvalue weighted by atomic mass is 32.1. The van der Waals surface area contributed by atoms with Crippen molar-refractivity contribution in [2.45, 2.75) is 128 Å². The number of aliphatic hydroxyl groups is 1. The molecule has 1 aliphatic heterocycles. The Balaban J connectivity index is 2.18. The van der Waals surface area contributed by atoms with Crippen LogP contribution in [0.2, 0.25) is 0 Å². The average Bonchev–Trinajstić information content (AvgIpc) is 3.95. The molecule has 1 fully saturated rings. The van der Waals surface area contributed by atoms with Gasteiger partial charge in [0, 0.05) is 36.4 Å². The lowest BCUT2D eigenvalue weighted by molar-refractivity contribution is -0.143. The molecule has 9 atom stereocenters. The molecule has 24 nitrogen and oxygen atoms in total. The molecule has 0 aromatic carbocycles. The number of aliphatic carboxylic acids is 1. The summed E-state index contributed by atoms with van der Waals surface area (Å²) < 4.78 is 0. The zero-order valence-electron chi connectivity index (χ0n) is 37.0. The van der Waals surface area contributed by atoms with Gasteiger partial charge in [0.1, 0.15) is 48.3 Å². The summed E-state index contributed by atoms with van der Waals surface area (Å²) in [5, 5.41) is 36.9.